The summed E-state index contributed by atoms with van der Waals surface area (Å²) in [6.07, 6.45) is 0. The van der Waals surface area contributed by atoms with Gasteiger partial charge in [0, 0.05) is 30.2 Å². The van der Waals surface area contributed by atoms with Gasteiger partial charge in [-0.15, -0.1) is 11.3 Å². The molecule has 156 valence electrons. The van der Waals surface area contributed by atoms with E-state index < -0.39 is 0 Å². The summed E-state index contributed by atoms with van der Waals surface area (Å²) < 4.78 is 11.4. The summed E-state index contributed by atoms with van der Waals surface area (Å²) in [6.45, 7) is 1.92. The zero-order chi connectivity index (χ0) is 21.8. The summed E-state index contributed by atoms with van der Waals surface area (Å²) in [4.78, 5) is 23.5. The standard InChI is InChI=1S/C11H11NO3.C11H11NO2S/c1-12-11(13)10-5-7-3-4-8(14-2)6-9(7)15-10;1-6-8-4-3-7(13)5-9(8)15-10(6)11(14)12-2/h3-6H,1-2H3,(H,12,13);3-5,13H,1-2H3,(H,12,14). The fourth-order valence-corrected chi connectivity index (χ4v) is 4.11. The molecule has 0 fully saturated rings. The Hall–Kier alpha value is -3.52. The van der Waals surface area contributed by atoms with Crippen molar-refractivity contribution in [1.82, 2.24) is 10.6 Å². The Morgan fingerprint density at radius 3 is 2.43 bits per heavy atom. The number of aryl methyl sites for hydroxylation is 1. The number of furan rings is 1. The monoisotopic (exact) mass is 426 g/mol. The van der Waals surface area contributed by atoms with E-state index >= 15 is 0 Å². The third kappa shape index (κ3) is 4.23. The third-order valence-electron chi connectivity index (χ3n) is 4.53. The normalized spacial score (nSPS) is 10.4. The van der Waals surface area contributed by atoms with Crippen molar-refractivity contribution in [2.45, 2.75) is 6.92 Å². The van der Waals surface area contributed by atoms with Gasteiger partial charge in [-0.05, 0) is 54.3 Å². The van der Waals surface area contributed by atoms with Crippen LogP contribution in [-0.4, -0.2) is 38.1 Å². The minimum absolute atomic E-state index is 0.0758. The molecule has 4 rings (SSSR count). The molecule has 2 aromatic heterocycles. The first-order chi connectivity index (χ1) is 14.4. The molecule has 0 radical (unpaired) electrons. The number of thiophene rings is 1. The smallest absolute Gasteiger partial charge is 0.286 e. The number of carbonyl (C=O) groups excluding carboxylic acids is 2. The lowest BCUT2D eigenvalue weighted by molar-refractivity contribution is 0.0936. The van der Waals surface area contributed by atoms with E-state index in [4.69, 9.17) is 9.15 Å². The van der Waals surface area contributed by atoms with Gasteiger partial charge in [0.1, 0.15) is 17.1 Å². The van der Waals surface area contributed by atoms with Crippen LogP contribution in [0, 0.1) is 6.92 Å². The van der Waals surface area contributed by atoms with Crippen molar-refractivity contribution in [3.05, 3.63) is 58.7 Å². The predicted molar refractivity (Wildman–Crippen MR) is 118 cm³/mol. The van der Waals surface area contributed by atoms with Crippen LogP contribution >= 0.6 is 11.3 Å². The highest BCUT2D eigenvalue weighted by Gasteiger charge is 2.14. The number of carbonyl (C=O) groups is 2. The van der Waals surface area contributed by atoms with E-state index in [0.29, 0.717) is 22.0 Å². The molecular weight excluding hydrogens is 404 g/mol. The predicted octanol–water partition coefficient (Wildman–Crippen LogP) is 4.08. The lowest BCUT2D eigenvalue weighted by Gasteiger charge is -1.96. The molecule has 0 bridgehead atoms. The van der Waals surface area contributed by atoms with E-state index in [-0.39, 0.29) is 17.6 Å². The summed E-state index contributed by atoms with van der Waals surface area (Å²) in [6, 6.07) is 12.3. The van der Waals surface area contributed by atoms with Crippen LogP contribution in [0.25, 0.3) is 21.1 Å². The SMILES string of the molecule is CNC(=O)c1cc2ccc(OC)cc2o1.CNC(=O)c1sc2cc(O)ccc2c1C. The summed E-state index contributed by atoms with van der Waals surface area (Å²) in [5.74, 6) is 0.937. The second-order valence-corrected chi connectivity index (χ2v) is 7.46. The zero-order valence-corrected chi connectivity index (χ0v) is 17.8. The lowest BCUT2D eigenvalue weighted by Crippen LogP contribution is -2.17. The van der Waals surface area contributed by atoms with Gasteiger partial charge in [-0.1, -0.05) is 0 Å². The van der Waals surface area contributed by atoms with Crippen molar-refractivity contribution >= 4 is 44.2 Å². The molecule has 0 unspecified atom stereocenters. The maximum atomic E-state index is 11.5. The van der Waals surface area contributed by atoms with Crippen LogP contribution in [0.1, 0.15) is 25.8 Å². The average molecular weight is 426 g/mol. The number of phenols is 1. The van der Waals surface area contributed by atoms with Gasteiger partial charge in [0.2, 0.25) is 0 Å². The number of hydrogen-bond acceptors (Lipinski definition) is 6. The number of ether oxygens (including phenoxy) is 1. The molecule has 2 amide bonds. The van der Waals surface area contributed by atoms with Gasteiger partial charge < -0.3 is 24.9 Å². The zero-order valence-electron chi connectivity index (χ0n) is 17.0. The first-order valence-corrected chi connectivity index (χ1v) is 9.93. The van der Waals surface area contributed by atoms with Crippen molar-refractivity contribution < 1.29 is 23.8 Å². The molecule has 2 heterocycles. The van der Waals surface area contributed by atoms with Crippen LogP contribution in [0.2, 0.25) is 0 Å². The molecule has 30 heavy (non-hydrogen) atoms. The number of rotatable bonds is 3. The number of benzene rings is 2. The average Bonchev–Trinajstić information content (AvgIpc) is 3.33. The minimum Gasteiger partial charge on any atom is -0.508 e. The number of nitrogens with one attached hydrogen (secondary N) is 2. The lowest BCUT2D eigenvalue weighted by atomic mass is 10.1. The van der Waals surface area contributed by atoms with Crippen LogP contribution < -0.4 is 15.4 Å². The highest BCUT2D eigenvalue weighted by molar-refractivity contribution is 7.21. The minimum atomic E-state index is -0.231. The van der Waals surface area contributed by atoms with Crippen molar-refractivity contribution in [2.24, 2.45) is 0 Å². The molecular formula is C22H22N2O5S. The highest BCUT2D eigenvalue weighted by Crippen LogP contribution is 2.32. The first kappa shape index (κ1) is 21.2. The molecule has 0 aliphatic rings. The van der Waals surface area contributed by atoms with Crippen LogP contribution in [0.4, 0.5) is 0 Å². The van der Waals surface area contributed by atoms with Crippen molar-refractivity contribution in [2.75, 3.05) is 21.2 Å². The Morgan fingerprint density at radius 2 is 1.77 bits per heavy atom. The Labute approximate surface area is 177 Å². The number of methoxy groups -OCH3 is 1. The topological polar surface area (TPSA) is 101 Å². The third-order valence-corrected chi connectivity index (χ3v) is 5.79. The maximum Gasteiger partial charge on any atom is 0.286 e. The molecule has 0 aliphatic carbocycles. The van der Waals surface area contributed by atoms with Gasteiger partial charge in [0.15, 0.2) is 5.76 Å². The van der Waals surface area contributed by atoms with Crippen LogP contribution in [0.5, 0.6) is 11.5 Å². The molecule has 2 aromatic carbocycles. The molecule has 0 spiro atoms. The fourth-order valence-electron chi connectivity index (χ4n) is 2.92. The van der Waals surface area contributed by atoms with Crippen LogP contribution in [0.3, 0.4) is 0 Å². The highest BCUT2D eigenvalue weighted by atomic mass is 32.1. The number of aromatic hydroxyl groups is 1. The Kier molecular flexibility index (Phi) is 6.27. The van der Waals surface area contributed by atoms with E-state index in [0.717, 1.165) is 21.0 Å². The molecule has 4 aromatic rings. The van der Waals surface area contributed by atoms with Gasteiger partial charge in [-0.25, -0.2) is 0 Å². The number of phenolic OH excluding ortho intramolecular Hbond substituents is 1. The summed E-state index contributed by atoms with van der Waals surface area (Å²) in [5.41, 5.74) is 1.61. The second kappa shape index (κ2) is 8.87. The van der Waals surface area contributed by atoms with Crippen LogP contribution in [0.15, 0.2) is 46.9 Å². The quantitative estimate of drug-likeness (QED) is 0.458. The Morgan fingerprint density at radius 1 is 1.03 bits per heavy atom. The number of hydrogen-bond donors (Lipinski definition) is 3. The van der Waals surface area contributed by atoms with Gasteiger partial charge in [0.05, 0.1) is 12.0 Å². The fraction of sp³-hybridized carbons (Fsp3) is 0.182. The van der Waals surface area contributed by atoms with Gasteiger partial charge in [-0.3, -0.25) is 9.59 Å². The van der Waals surface area contributed by atoms with E-state index in [9.17, 15) is 14.7 Å². The Bertz CT molecular complexity index is 1230. The van der Waals surface area contributed by atoms with Crippen molar-refractivity contribution in [1.29, 1.82) is 0 Å². The molecule has 3 N–H and O–H groups in total. The van der Waals surface area contributed by atoms with Crippen molar-refractivity contribution in [3.63, 3.8) is 0 Å². The summed E-state index contributed by atoms with van der Waals surface area (Å²) in [7, 11) is 4.77. The molecule has 0 aliphatic heterocycles. The maximum absolute atomic E-state index is 11.5. The van der Waals surface area contributed by atoms with Crippen LogP contribution in [-0.2, 0) is 0 Å². The largest absolute Gasteiger partial charge is 0.508 e. The molecule has 0 saturated carbocycles. The van der Waals surface area contributed by atoms with E-state index in [1.54, 1.807) is 45.5 Å². The summed E-state index contributed by atoms with van der Waals surface area (Å²) in [5, 5.41) is 16.4. The number of fused-ring (bicyclic) bond motifs is 2. The van der Waals surface area contributed by atoms with E-state index in [2.05, 4.69) is 10.6 Å². The molecule has 8 heteroatoms. The first-order valence-electron chi connectivity index (χ1n) is 9.11. The second-order valence-electron chi connectivity index (χ2n) is 6.41. The summed E-state index contributed by atoms with van der Waals surface area (Å²) >= 11 is 1.40. The van der Waals surface area contributed by atoms with Gasteiger partial charge in [0.25, 0.3) is 11.8 Å². The van der Waals surface area contributed by atoms with Crippen molar-refractivity contribution in [3.8, 4) is 11.5 Å². The molecule has 0 saturated heterocycles. The van der Waals surface area contributed by atoms with Gasteiger partial charge in [-0.2, -0.15) is 0 Å². The Balaban J connectivity index is 0.000000171. The molecule has 7 nitrogen and oxygen atoms in total. The van der Waals surface area contributed by atoms with E-state index in [1.807, 2.05) is 25.1 Å². The van der Waals surface area contributed by atoms with Gasteiger partial charge >= 0.3 is 0 Å². The number of amides is 2. The van der Waals surface area contributed by atoms with E-state index in [1.165, 1.54) is 11.3 Å². The molecule has 0 atom stereocenters.